The van der Waals surface area contributed by atoms with Crippen molar-refractivity contribution in [2.75, 3.05) is 6.54 Å². The summed E-state index contributed by atoms with van der Waals surface area (Å²) in [6.07, 6.45) is 4.02. The van der Waals surface area contributed by atoms with Crippen LogP contribution in [0.4, 0.5) is 0 Å². The van der Waals surface area contributed by atoms with Gasteiger partial charge >= 0.3 is 0 Å². The van der Waals surface area contributed by atoms with E-state index < -0.39 is 0 Å². The van der Waals surface area contributed by atoms with Gasteiger partial charge in [-0.3, -0.25) is 0 Å². The molecular formula is C11H23NO. The van der Waals surface area contributed by atoms with Crippen molar-refractivity contribution in [3.8, 4) is 0 Å². The molecule has 2 nitrogen and oxygen atoms in total. The highest BCUT2D eigenvalue weighted by Crippen LogP contribution is 2.28. The summed E-state index contributed by atoms with van der Waals surface area (Å²) in [7, 11) is 0. The van der Waals surface area contributed by atoms with Crippen molar-refractivity contribution in [3.63, 3.8) is 0 Å². The van der Waals surface area contributed by atoms with Crippen molar-refractivity contribution >= 4 is 0 Å². The number of ether oxygens (including phenoxy) is 1. The maximum Gasteiger partial charge on any atom is 0.0707 e. The first-order valence-electron chi connectivity index (χ1n) is 5.44. The summed E-state index contributed by atoms with van der Waals surface area (Å²) in [6.45, 7) is 9.79. The van der Waals surface area contributed by atoms with E-state index in [0.717, 1.165) is 6.54 Å². The molecule has 78 valence electrons. The van der Waals surface area contributed by atoms with Crippen LogP contribution in [0.2, 0.25) is 0 Å². The Morgan fingerprint density at radius 2 is 2.23 bits per heavy atom. The van der Waals surface area contributed by atoms with Crippen molar-refractivity contribution in [3.05, 3.63) is 0 Å². The maximum atomic E-state index is 5.88. The van der Waals surface area contributed by atoms with Gasteiger partial charge in [-0.25, -0.2) is 0 Å². The molecule has 0 aromatic rings. The van der Waals surface area contributed by atoms with Crippen LogP contribution in [0.15, 0.2) is 0 Å². The molecule has 2 atom stereocenters. The van der Waals surface area contributed by atoms with E-state index in [0.29, 0.717) is 12.1 Å². The summed E-state index contributed by atoms with van der Waals surface area (Å²) < 4.78 is 5.88. The van der Waals surface area contributed by atoms with E-state index in [-0.39, 0.29) is 5.60 Å². The van der Waals surface area contributed by atoms with Gasteiger partial charge in [0.25, 0.3) is 0 Å². The van der Waals surface area contributed by atoms with Crippen molar-refractivity contribution < 1.29 is 4.74 Å². The van der Waals surface area contributed by atoms with Crippen LogP contribution in [0.1, 0.15) is 47.0 Å². The van der Waals surface area contributed by atoms with Gasteiger partial charge in [0.1, 0.15) is 0 Å². The molecule has 1 aliphatic rings. The summed E-state index contributed by atoms with van der Waals surface area (Å²) in [4.78, 5) is 0. The zero-order chi connectivity index (χ0) is 9.90. The molecule has 1 saturated heterocycles. The van der Waals surface area contributed by atoms with Gasteiger partial charge in [0.05, 0.1) is 11.7 Å². The summed E-state index contributed by atoms with van der Waals surface area (Å²) in [5.74, 6) is 0. The van der Waals surface area contributed by atoms with Gasteiger partial charge in [0.15, 0.2) is 0 Å². The van der Waals surface area contributed by atoms with E-state index in [1.807, 2.05) is 0 Å². The van der Waals surface area contributed by atoms with E-state index in [2.05, 4.69) is 33.0 Å². The first-order chi connectivity index (χ1) is 6.03. The molecule has 0 saturated carbocycles. The molecule has 0 aromatic heterocycles. The molecule has 13 heavy (non-hydrogen) atoms. The lowest BCUT2D eigenvalue weighted by Crippen LogP contribution is -2.34. The largest absolute Gasteiger partial charge is 0.371 e. The van der Waals surface area contributed by atoms with Crippen molar-refractivity contribution in [1.29, 1.82) is 0 Å². The van der Waals surface area contributed by atoms with Crippen LogP contribution in [-0.4, -0.2) is 24.3 Å². The molecule has 0 bridgehead atoms. The summed E-state index contributed by atoms with van der Waals surface area (Å²) in [5, 5.41) is 3.49. The second-order valence-electron chi connectivity index (χ2n) is 4.76. The van der Waals surface area contributed by atoms with Gasteiger partial charge in [0.2, 0.25) is 0 Å². The third-order valence-electron chi connectivity index (χ3n) is 2.86. The van der Waals surface area contributed by atoms with Crippen LogP contribution < -0.4 is 5.32 Å². The van der Waals surface area contributed by atoms with E-state index in [4.69, 9.17) is 4.74 Å². The Bertz CT molecular complexity index is 156. The topological polar surface area (TPSA) is 21.3 Å². The summed E-state index contributed by atoms with van der Waals surface area (Å²) >= 11 is 0. The lowest BCUT2D eigenvalue weighted by Gasteiger charge is -2.20. The average molecular weight is 185 g/mol. The van der Waals surface area contributed by atoms with Crippen LogP contribution in [0.3, 0.4) is 0 Å². The molecule has 1 heterocycles. The van der Waals surface area contributed by atoms with Gasteiger partial charge in [0, 0.05) is 12.6 Å². The highest BCUT2D eigenvalue weighted by atomic mass is 16.5. The molecule has 0 amide bonds. The fourth-order valence-electron chi connectivity index (χ4n) is 1.70. The standard InChI is InChI=1S/C11H23NO/c1-5-9(2)12-8-10-6-7-11(3,4)13-10/h9-10,12H,5-8H2,1-4H3. The molecule has 2 heteroatoms. The Morgan fingerprint density at radius 1 is 1.54 bits per heavy atom. The fourth-order valence-corrected chi connectivity index (χ4v) is 1.70. The molecule has 0 aliphatic carbocycles. The van der Waals surface area contributed by atoms with Gasteiger partial charge < -0.3 is 10.1 Å². The second-order valence-corrected chi connectivity index (χ2v) is 4.76. The zero-order valence-corrected chi connectivity index (χ0v) is 9.39. The van der Waals surface area contributed by atoms with E-state index in [1.165, 1.54) is 19.3 Å². The van der Waals surface area contributed by atoms with Gasteiger partial charge in [-0.05, 0) is 40.0 Å². The Hall–Kier alpha value is -0.0800. The van der Waals surface area contributed by atoms with Crippen LogP contribution >= 0.6 is 0 Å². The quantitative estimate of drug-likeness (QED) is 0.726. The van der Waals surface area contributed by atoms with E-state index in [1.54, 1.807) is 0 Å². The second kappa shape index (κ2) is 4.43. The predicted molar refractivity (Wildman–Crippen MR) is 55.9 cm³/mol. The van der Waals surface area contributed by atoms with Crippen LogP contribution in [0.5, 0.6) is 0 Å². The van der Waals surface area contributed by atoms with Crippen LogP contribution in [0, 0.1) is 0 Å². The molecule has 1 fully saturated rings. The highest BCUT2D eigenvalue weighted by molar-refractivity contribution is 4.82. The van der Waals surface area contributed by atoms with Crippen LogP contribution in [-0.2, 0) is 4.74 Å². The molecule has 2 unspecified atom stereocenters. The zero-order valence-electron chi connectivity index (χ0n) is 9.39. The van der Waals surface area contributed by atoms with E-state index >= 15 is 0 Å². The van der Waals surface area contributed by atoms with Gasteiger partial charge in [-0.15, -0.1) is 0 Å². The number of nitrogens with one attached hydrogen (secondary N) is 1. The summed E-state index contributed by atoms with van der Waals surface area (Å²) in [6, 6.07) is 0.618. The van der Waals surface area contributed by atoms with Crippen molar-refractivity contribution in [2.45, 2.75) is 64.7 Å². The Labute approximate surface area is 82.0 Å². The molecule has 1 aliphatic heterocycles. The smallest absolute Gasteiger partial charge is 0.0707 e. The number of hydrogen-bond donors (Lipinski definition) is 1. The minimum atomic E-state index is 0.113. The fraction of sp³-hybridized carbons (Fsp3) is 1.00. The van der Waals surface area contributed by atoms with E-state index in [9.17, 15) is 0 Å². The lowest BCUT2D eigenvalue weighted by atomic mass is 10.1. The third-order valence-corrected chi connectivity index (χ3v) is 2.86. The molecule has 0 radical (unpaired) electrons. The molecular weight excluding hydrogens is 162 g/mol. The third kappa shape index (κ3) is 3.65. The summed E-state index contributed by atoms with van der Waals surface area (Å²) in [5.41, 5.74) is 0.113. The van der Waals surface area contributed by atoms with Gasteiger partial charge in [-0.2, -0.15) is 0 Å². The lowest BCUT2D eigenvalue weighted by molar-refractivity contribution is -0.0150. The Morgan fingerprint density at radius 3 is 2.69 bits per heavy atom. The first-order valence-corrected chi connectivity index (χ1v) is 5.44. The van der Waals surface area contributed by atoms with Gasteiger partial charge in [-0.1, -0.05) is 6.92 Å². The normalized spacial score (nSPS) is 29.1. The Balaban J connectivity index is 2.17. The average Bonchev–Trinajstić information content (AvgIpc) is 2.41. The SMILES string of the molecule is CCC(C)NCC1CCC(C)(C)O1. The monoisotopic (exact) mass is 185 g/mol. The minimum Gasteiger partial charge on any atom is -0.371 e. The minimum absolute atomic E-state index is 0.113. The predicted octanol–water partition coefficient (Wildman–Crippen LogP) is 2.33. The van der Waals surface area contributed by atoms with Crippen molar-refractivity contribution in [2.24, 2.45) is 0 Å². The maximum absolute atomic E-state index is 5.88. The highest BCUT2D eigenvalue weighted by Gasteiger charge is 2.31. The molecule has 0 spiro atoms. The molecule has 1 N–H and O–H groups in total. The first kappa shape index (κ1) is 11.0. The Kier molecular flexibility index (Phi) is 3.74. The molecule has 0 aromatic carbocycles. The molecule has 1 rings (SSSR count). The van der Waals surface area contributed by atoms with Crippen molar-refractivity contribution in [1.82, 2.24) is 5.32 Å². The number of rotatable bonds is 4. The van der Waals surface area contributed by atoms with Crippen LogP contribution in [0.25, 0.3) is 0 Å². The number of hydrogen-bond acceptors (Lipinski definition) is 2.